The summed E-state index contributed by atoms with van der Waals surface area (Å²) in [5.74, 6) is 0.748. The molecule has 0 atom stereocenters. The molecule has 0 spiro atoms. The summed E-state index contributed by atoms with van der Waals surface area (Å²) in [7, 11) is -3.13. The van der Waals surface area contributed by atoms with Crippen LogP contribution in [0.1, 0.15) is 70.5 Å². The Morgan fingerprint density at radius 3 is 1.78 bits per heavy atom. The van der Waals surface area contributed by atoms with E-state index < -0.39 is 87.6 Å². The van der Waals surface area contributed by atoms with Crippen LogP contribution in [0.5, 0.6) is 11.5 Å². The van der Waals surface area contributed by atoms with Crippen LogP contribution in [0.3, 0.4) is 0 Å². The molecule has 0 aliphatic carbocycles. The van der Waals surface area contributed by atoms with E-state index in [9.17, 15) is 5.48 Å². The number of pyridine rings is 1. The van der Waals surface area contributed by atoms with Crippen molar-refractivity contribution in [2.24, 2.45) is 0 Å². The zero-order valence-electron chi connectivity index (χ0n) is 63.9. The van der Waals surface area contributed by atoms with Crippen LogP contribution in [0.4, 0.5) is 0 Å². The molecule has 14 aromatic rings. The zero-order valence-corrected chi connectivity index (χ0v) is 51.1. The normalized spacial score (nSPS) is 14.7. The molecule has 0 fully saturated rings. The van der Waals surface area contributed by atoms with Crippen molar-refractivity contribution in [3.05, 3.63) is 313 Å². The first-order valence-corrected chi connectivity index (χ1v) is 30.3. The van der Waals surface area contributed by atoms with E-state index in [4.69, 9.17) is 26.2 Å². The Morgan fingerprint density at radius 1 is 0.552 bits per heavy atom. The molecule has 0 aliphatic rings. The summed E-state index contributed by atoms with van der Waals surface area (Å²) in [5, 5.41) is 6.12. The van der Waals surface area contributed by atoms with Gasteiger partial charge < -0.3 is 18.4 Å². The first-order valence-electron chi connectivity index (χ1n) is 36.3. The minimum atomic E-state index is -3.13. The molecule has 3 heterocycles. The van der Waals surface area contributed by atoms with Gasteiger partial charge in [0.05, 0.1) is 31.3 Å². The van der Waals surface area contributed by atoms with Crippen molar-refractivity contribution in [2.45, 2.75) is 53.4 Å². The molecule has 426 valence electrons. The predicted molar refractivity (Wildman–Crippen MR) is 357 cm³/mol. The fraction of sp³-hybridized carbons (Fsp3) is 0.100. The molecular formula is C80H64N4OPtSi-2. The summed E-state index contributed by atoms with van der Waals surface area (Å²) >= 11 is 0. The summed E-state index contributed by atoms with van der Waals surface area (Å²) in [6.45, 7) is 2.07. The average Bonchev–Trinajstić information content (AvgIpc) is 1.68. The minimum absolute atomic E-state index is 0. The van der Waals surface area contributed by atoms with Crippen molar-refractivity contribution >= 4 is 61.7 Å². The molecule has 0 bridgehead atoms. The summed E-state index contributed by atoms with van der Waals surface area (Å²) in [5.41, 5.74) is 4.18. The third-order valence-electron chi connectivity index (χ3n) is 16.2. The van der Waals surface area contributed by atoms with Crippen molar-refractivity contribution in [1.29, 1.82) is 0 Å². The summed E-state index contributed by atoms with van der Waals surface area (Å²) in [6.07, 6.45) is 4.94. The molecule has 0 aliphatic heterocycles. The molecule has 0 unspecified atom stereocenters. The van der Waals surface area contributed by atoms with Crippen LogP contribution < -0.4 is 30.1 Å². The zero-order chi connectivity index (χ0) is 72.2. The Morgan fingerprint density at radius 2 is 1.15 bits per heavy atom. The molecule has 0 N–H and O–H groups in total. The Labute approximate surface area is 548 Å². The van der Waals surface area contributed by atoms with Gasteiger partial charge in [-0.25, -0.2) is 4.98 Å². The minimum Gasteiger partial charge on any atom is -0.510 e. The Bertz CT molecular complexity index is 5450. The molecule has 5 nitrogen and oxygen atoms in total. The number of aryl methyl sites for hydroxylation is 3. The van der Waals surface area contributed by atoms with Gasteiger partial charge in [-0.1, -0.05) is 250 Å². The molecule has 0 saturated carbocycles. The maximum Gasteiger partial charge on any atom is 0.242 e. The van der Waals surface area contributed by atoms with E-state index in [0.717, 1.165) is 31.5 Å². The van der Waals surface area contributed by atoms with Crippen molar-refractivity contribution in [2.75, 3.05) is 0 Å². The largest absolute Gasteiger partial charge is 0.510 e. The van der Waals surface area contributed by atoms with Gasteiger partial charge in [-0.3, -0.25) is 0 Å². The predicted octanol–water partition coefficient (Wildman–Crippen LogP) is 16.2. The van der Waals surface area contributed by atoms with Gasteiger partial charge >= 0.3 is 0 Å². The van der Waals surface area contributed by atoms with Crippen molar-refractivity contribution < 1.29 is 52.3 Å². The quantitative estimate of drug-likeness (QED) is 0.0499. The Hall–Kier alpha value is -9.45. The van der Waals surface area contributed by atoms with E-state index in [0.29, 0.717) is 44.4 Å². The van der Waals surface area contributed by atoms with E-state index in [2.05, 4.69) is 103 Å². The fourth-order valence-electron chi connectivity index (χ4n) is 12.1. The Kier molecular flexibility index (Phi) is 11.0. The monoisotopic (exact) mass is 1340 g/mol. The van der Waals surface area contributed by atoms with Gasteiger partial charge in [0.15, 0.2) is 8.07 Å². The van der Waals surface area contributed by atoms with Gasteiger partial charge in [-0.2, -0.15) is 18.2 Å². The van der Waals surface area contributed by atoms with Crippen LogP contribution in [0, 0.1) is 39.1 Å². The third kappa shape index (κ3) is 10.4. The number of ether oxygens (including phenoxy) is 1. The molecule has 0 radical (unpaired) electrons. The van der Waals surface area contributed by atoms with Crippen LogP contribution in [0.2, 0.25) is 0 Å². The van der Waals surface area contributed by atoms with Crippen LogP contribution in [-0.2, 0) is 33.0 Å². The molecule has 11 aromatic carbocycles. The second kappa shape index (κ2) is 23.4. The third-order valence-corrected chi connectivity index (χ3v) is 21.0. The molecular weight excluding hydrogens is 1260 g/mol. The van der Waals surface area contributed by atoms with Gasteiger partial charge in [0.2, 0.25) is 6.33 Å². The maximum absolute atomic E-state index is 9.29. The van der Waals surface area contributed by atoms with Gasteiger partial charge in [0.1, 0.15) is 5.82 Å². The van der Waals surface area contributed by atoms with Gasteiger partial charge in [0.25, 0.3) is 0 Å². The SMILES string of the molecule is [2H]c1c([2H])c([2H])c(-c2cc(C(C)(C)C)cc(-c3c([2H])c([2H])c([2H])c([2H])c3[2H])c2C[n+]2[c-]n(-c3[c-]c(Oc4[c-]c5c(cc4)c4cc([Si](c6ccccc6)(c6ccccc6)c6ccccc6)ccc4n5-c4cc(C([2H])([2H])[2H])c(-c5c(C)cccc5C([2H])([2H])[2H])cn4)ccc3)c3ccccc32)c([2H])c1[2H].[Pt]. The number of imidazole rings is 1. The first-order chi connectivity index (χ1) is 48.6. The topological polar surface area (TPSA) is 35.9 Å². The molecule has 87 heavy (non-hydrogen) atoms. The van der Waals surface area contributed by atoms with E-state index in [1.165, 1.54) is 18.3 Å². The number of hydrogen-bond acceptors (Lipinski definition) is 2. The van der Waals surface area contributed by atoms with Crippen LogP contribution in [0.15, 0.2) is 267 Å². The molecule has 0 saturated heterocycles. The van der Waals surface area contributed by atoms with Crippen molar-refractivity contribution in [1.82, 2.24) is 14.1 Å². The summed E-state index contributed by atoms with van der Waals surface area (Å²) in [6, 6.07) is 66.1. The standard InChI is InChI=1S/C80H64N4OSi.Pt/c1-55-26-24-27-56(2)79(55)72-52-81-78(46-57(72)3)84-74-45-43-67(86(64-34-16-9-17-35-64,65-36-18-10-19-37-65)66-38-20-11-21-39-66)51-71(74)68-44-42-63(50-77(68)84)85-62-33-25-32-61(49-62)83-54-82(75-40-22-23-41-76(75)83)53-73-69(58-28-12-7-13-29-58)47-60(80(4,5)6)48-70(73)59-30-14-8-15-31-59;/h7-48,51-52H,53H2,1-6H3;/q-2;/i1D3,3D3,7D,8D,12D,13D,14D,15D,28D,29D,30D,31D;. The second-order valence-electron chi connectivity index (χ2n) is 22.4. The molecule has 7 heteroatoms. The first kappa shape index (κ1) is 40.8. The number of aromatic nitrogens is 4. The number of benzene rings is 11. The van der Waals surface area contributed by atoms with E-state index in [-0.39, 0.29) is 89.4 Å². The number of hydrogen-bond donors (Lipinski definition) is 0. The van der Waals surface area contributed by atoms with Crippen LogP contribution in [0.25, 0.3) is 77.7 Å². The molecule has 0 amide bonds. The number of nitrogens with zero attached hydrogens (tertiary/aromatic N) is 4. The summed E-state index contributed by atoms with van der Waals surface area (Å²) < 4.78 is 154. The van der Waals surface area contributed by atoms with Crippen molar-refractivity contribution in [3.8, 4) is 56.4 Å². The fourth-order valence-corrected chi connectivity index (χ4v) is 16.9. The van der Waals surface area contributed by atoms with Gasteiger partial charge in [0, 0.05) is 63.6 Å². The number of para-hydroxylation sites is 2. The van der Waals surface area contributed by atoms with Crippen LogP contribution in [-0.4, -0.2) is 22.2 Å². The van der Waals surface area contributed by atoms with Gasteiger partial charge in [-0.05, 0) is 114 Å². The summed E-state index contributed by atoms with van der Waals surface area (Å²) in [4.78, 5) is 5.04. The smallest absolute Gasteiger partial charge is 0.242 e. The van der Waals surface area contributed by atoms with Gasteiger partial charge in [-0.15, -0.1) is 29.7 Å². The number of rotatable bonds is 13. The Balaban J connectivity index is 0.00000945. The van der Waals surface area contributed by atoms with Crippen LogP contribution >= 0.6 is 0 Å². The van der Waals surface area contributed by atoms with E-state index in [1.54, 1.807) is 52.5 Å². The molecule has 14 rings (SSSR count). The maximum atomic E-state index is 9.29. The average molecular weight is 1340 g/mol. The second-order valence-corrected chi connectivity index (χ2v) is 26.2. The van der Waals surface area contributed by atoms with E-state index >= 15 is 0 Å². The molecule has 3 aromatic heterocycles. The van der Waals surface area contributed by atoms with Crippen molar-refractivity contribution in [3.63, 3.8) is 0 Å². The number of fused-ring (bicyclic) bond motifs is 4. The van der Waals surface area contributed by atoms with E-state index in [1.807, 2.05) is 92.1 Å².